The number of hydrogen-bond donors (Lipinski definition) is 0. The quantitative estimate of drug-likeness (QED) is 0.349. The van der Waals surface area contributed by atoms with Gasteiger partial charge in [-0.3, -0.25) is 0 Å². The number of rotatable bonds is 5. The molecular weight excluding hydrogens is 351 g/mol. The number of aryl methyl sites for hydroxylation is 1. The van der Waals surface area contributed by atoms with E-state index in [1.54, 1.807) is 6.07 Å². The van der Waals surface area contributed by atoms with Crippen molar-refractivity contribution >= 4 is 21.7 Å². The van der Waals surface area contributed by atoms with Crippen LogP contribution in [0.15, 0.2) is 39.5 Å². The summed E-state index contributed by atoms with van der Waals surface area (Å²) in [6.07, 6.45) is 9.45. The van der Waals surface area contributed by atoms with Gasteiger partial charge in [0.2, 0.25) is 0 Å². The first-order chi connectivity index (χ1) is 13.6. The first kappa shape index (κ1) is 19.2. The molecule has 1 fully saturated rings. The van der Waals surface area contributed by atoms with Gasteiger partial charge in [-0.15, -0.1) is 0 Å². The van der Waals surface area contributed by atoms with Gasteiger partial charge in [-0.25, -0.2) is 9.18 Å². The van der Waals surface area contributed by atoms with Crippen molar-refractivity contribution in [3.8, 4) is 0 Å². The van der Waals surface area contributed by atoms with E-state index in [9.17, 15) is 9.18 Å². The van der Waals surface area contributed by atoms with Crippen LogP contribution < -0.4 is 5.63 Å². The largest absolute Gasteiger partial charge is 0.419 e. The Labute approximate surface area is 165 Å². The zero-order valence-corrected chi connectivity index (χ0v) is 16.9. The van der Waals surface area contributed by atoms with E-state index in [0.29, 0.717) is 28.7 Å². The maximum atomic E-state index is 14.6. The lowest BCUT2D eigenvalue weighted by molar-refractivity contribution is 0.304. The predicted molar refractivity (Wildman–Crippen MR) is 114 cm³/mol. The molecule has 4 rings (SSSR count). The molecular formula is C25H29FO2. The summed E-state index contributed by atoms with van der Waals surface area (Å²) in [5.74, 6) is 0.964. The van der Waals surface area contributed by atoms with Crippen LogP contribution in [0.4, 0.5) is 4.39 Å². The third kappa shape index (κ3) is 3.47. The molecule has 0 spiro atoms. The minimum Gasteiger partial charge on any atom is -0.419 e. The highest BCUT2D eigenvalue weighted by Gasteiger charge is 2.23. The standard InChI is InChI=1S/C25H29FO2/c1-3-5-6-16-7-9-18(10-8-16)19-12-13-20-21-14-11-17(4-2)23(26)24(21)28-25(27)22(20)15-19/h11-16,18H,3-10H2,1-2H3. The van der Waals surface area contributed by atoms with Crippen molar-refractivity contribution in [2.24, 2.45) is 5.92 Å². The Kier molecular flexibility index (Phi) is 5.52. The van der Waals surface area contributed by atoms with Crippen molar-refractivity contribution in [2.75, 3.05) is 0 Å². The monoisotopic (exact) mass is 380 g/mol. The lowest BCUT2D eigenvalue weighted by Gasteiger charge is -2.29. The second kappa shape index (κ2) is 8.06. The maximum absolute atomic E-state index is 14.6. The van der Waals surface area contributed by atoms with Gasteiger partial charge in [-0.05, 0) is 61.1 Å². The molecule has 0 amide bonds. The summed E-state index contributed by atoms with van der Waals surface area (Å²) in [4.78, 5) is 12.6. The highest BCUT2D eigenvalue weighted by atomic mass is 19.1. The van der Waals surface area contributed by atoms with E-state index in [-0.39, 0.29) is 5.58 Å². The molecule has 1 aromatic heterocycles. The van der Waals surface area contributed by atoms with Crippen molar-refractivity contribution in [2.45, 2.75) is 71.1 Å². The molecule has 0 saturated heterocycles. The Morgan fingerprint density at radius 2 is 1.75 bits per heavy atom. The average Bonchev–Trinajstić information content (AvgIpc) is 2.73. The van der Waals surface area contributed by atoms with Gasteiger partial charge >= 0.3 is 5.63 Å². The van der Waals surface area contributed by atoms with Crippen molar-refractivity contribution in [1.82, 2.24) is 0 Å². The fraction of sp³-hybridized carbons (Fsp3) is 0.480. The predicted octanol–water partition coefficient (Wildman–Crippen LogP) is 7.11. The van der Waals surface area contributed by atoms with Gasteiger partial charge in [0, 0.05) is 10.8 Å². The van der Waals surface area contributed by atoms with Gasteiger partial charge in [-0.2, -0.15) is 0 Å². The lowest BCUT2D eigenvalue weighted by Crippen LogP contribution is -2.13. The Morgan fingerprint density at radius 3 is 2.46 bits per heavy atom. The van der Waals surface area contributed by atoms with Gasteiger partial charge in [-0.1, -0.05) is 57.4 Å². The summed E-state index contributed by atoms with van der Waals surface area (Å²) < 4.78 is 20.1. The molecule has 2 aromatic carbocycles. The molecule has 3 aromatic rings. The van der Waals surface area contributed by atoms with Gasteiger partial charge in [0.1, 0.15) is 0 Å². The third-order valence-electron chi connectivity index (χ3n) is 6.59. The normalized spacial score (nSPS) is 20.1. The molecule has 0 radical (unpaired) electrons. The van der Waals surface area contributed by atoms with Crippen LogP contribution in [0.5, 0.6) is 0 Å². The van der Waals surface area contributed by atoms with Crippen LogP contribution in [0, 0.1) is 11.7 Å². The fourth-order valence-corrected chi connectivity index (χ4v) is 4.83. The molecule has 0 unspecified atom stereocenters. The van der Waals surface area contributed by atoms with Crippen LogP contribution >= 0.6 is 0 Å². The number of unbranched alkanes of at least 4 members (excludes halogenated alkanes) is 1. The van der Waals surface area contributed by atoms with Crippen molar-refractivity contribution in [3.63, 3.8) is 0 Å². The molecule has 0 N–H and O–H groups in total. The molecule has 1 aliphatic rings. The zero-order valence-electron chi connectivity index (χ0n) is 16.9. The second-order valence-corrected chi connectivity index (χ2v) is 8.32. The molecule has 28 heavy (non-hydrogen) atoms. The zero-order chi connectivity index (χ0) is 19.7. The summed E-state index contributed by atoms with van der Waals surface area (Å²) in [6, 6.07) is 9.77. The van der Waals surface area contributed by atoms with Crippen LogP contribution in [0.2, 0.25) is 0 Å². The number of benzene rings is 2. The van der Waals surface area contributed by atoms with Gasteiger partial charge in [0.25, 0.3) is 0 Å². The van der Waals surface area contributed by atoms with E-state index < -0.39 is 11.4 Å². The van der Waals surface area contributed by atoms with Crippen molar-refractivity contribution in [1.29, 1.82) is 0 Å². The van der Waals surface area contributed by atoms with E-state index in [1.165, 1.54) is 50.5 Å². The van der Waals surface area contributed by atoms with E-state index in [2.05, 4.69) is 13.0 Å². The Bertz CT molecular complexity index is 1040. The summed E-state index contributed by atoms with van der Waals surface area (Å²) in [5, 5.41) is 2.04. The fourth-order valence-electron chi connectivity index (χ4n) is 4.83. The number of hydrogen-bond acceptors (Lipinski definition) is 2. The Morgan fingerprint density at radius 1 is 1.00 bits per heavy atom. The third-order valence-corrected chi connectivity index (χ3v) is 6.59. The van der Waals surface area contributed by atoms with Crippen LogP contribution in [-0.2, 0) is 6.42 Å². The second-order valence-electron chi connectivity index (χ2n) is 8.32. The van der Waals surface area contributed by atoms with Crippen LogP contribution in [0.3, 0.4) is 0 Å². The lowest BCUT2D eigenvalue weighted by atomic mass is 9.77. The summed E-state index contributed by atoms with van der Waals surface area (Å²) >= 11 is 0. The molecule has 3 heteroatoms. The summed E-state index contributed by atoms with van der Waals surface area (Å²) in [5.41, 5.74) is 1.44. The van der Waals surface area contributed by atoms with E-state index in [0.717, 1.165) is 11.3 Å². The smallest absolute Gasteiger partial charge is 0.344 e. The highest BCUT2D eigenvalue weighted by molar-refractivity contribution is 6.04. The number of halogens is 1. The average molecular weight is 381 g/mol. The maximum Gasteiger partial charge on any atom is 0.344 e. The molecule has 0 atom stereocenters. The first-order valence-corrected chi connectivity index (χ1v) is 10.8. The summed E-state index contributed by atoms with van der Waals surface area (Å²) in [7, 11) is 0. The molecule has 1 aliphatic carbocycles. The van der Waals surface area contributed by atoms with Crippen molar-refractivity contribution in [3.05, 3.63) is 57.7 Å². The van der Waals surface area contributed by atoms with Gasteiger partial charge < -0.3 is 4.42 Å². The Balaban J connectivity index is 1.68. The van der Waals surface area contributed by atoms with E-state index in [4.69, 9.17) is 4.42 Å². The Hall–Kier alpha value is -2.16. The van der Waals surface area contributed by atoms with E-state index >= 15 is 0 Å². The highest BCUT2D eigenvalue weighted by Crippen LogP contribution is 2.39. The van der Waals surface area contributed by atoms with Crippen LogP contribution in [-0.4, -0.2) is 0 Å². The molecule has 1 saturated carbocycles. The minimum absolute atomic E-state index is 0.0843. The summed E-state index contributed by atoms with van der Waals surface area (Å²) in [6.45, 7) is 4.15. The topological polar surface area (TPSA) is 30.2 Å². The minimum atomic E-state index is -0.437. The van der Waals surface area contributed by atoms with Gasteiger partial charge in [0.05, 0.1) is 5.39 Å². The van der Waals surface area contributed by atoms with Crippen LogP contribution in [0.1, 0.15) is 75.8 Å². The number of fused-ring (bicyclic) bond motifs is 3. The van der Waals surface area contributed by atoms with Crippen LogP contribution in [0.25, 0.3) is 21.7 Å². The first-order valence-electron chi connectivity index (χ1n) is 10.8. The molecule has 2 nitrogen and oxygen atoms in total. The molecule has 0 bridgehead atoms. The molecule has 148 valence electrons. The van der Waals surface area contributed by atoms with E-state index in [1.807, 2.05) is 25.1 Å². The molecule has 0 aliphatic heterocycles. The van der Waals surface area contributed by atoms with Crippen molar-refractivity contribution < 1.29 is 8.81 Å². The van der Waals surface area contributed by atoms with Gasteiger partial charge in [0.15, 0.2) is 11.4 Å². The SMILES string of the molecule is CCCCC1CCC(c2ccc3c(c2)c(=O)oc2c(F)c(CC)ccc23)CC1. The molecule has 1 heterocycles.